The fourth-order valence-electron chi connectivity index (χ4n) is 11.7. The second-order valence-electron chi connectivity index (χ2n) is 20.4. The average Bonchev–Trinajstić information content (AvgIpc) is 3.42. The fourth-order valence-corrected chi connectivity index (χ4v) is 11.7. The highest BCUT2D eigenvalue weighted by Crippen LogP contribution is 2.62. The maximum atomic E-state index is 15.3. The zero-order valence-corrected chi connectivity index (χ0v) is 43.0. The molecule has 1 fully saturated rings. The zero-order valence-electron chi connectivity index (χ0n) is 43.0. The van der Waals surface area contributed by atoms with Crippen LogP contribution in [0.2, 0.25) is 0 Å². The third-order valence-electron chi connectivity index (χ3n) is 15.3. The summed E-state index contributed by atoms with van der Waals surface area (Å²) >= 11 is 0. The Morgan fingerprint density at radius 2 is 1.47 bits per heavy atom. The van der Waals surface area contributed by atoms with Crippen LogP contribution in [-0.4, -0.2) is 58.4 Å². The maximum absolute atomic E-state index is 15.3. The molecule has 1 heterocycles. The number of hydrogen-bond acceptors (Lipinski definition) is 8. The quantitative estimate of drug-likeness (QED) is 0.0279. The minimum Gasteiger partial charge on any atom is -0.459 e. The van der Waals surface area contributed by atoms with Gasteiger partial charge in [0, 0.05) is 44.1 Å². The molecule has 1 amide bonds. The van der Waals surface area contributed by atoms with Crippen LogP contribution < -0.4 is 9.47 Å². The number of aliphatic hydroxyl groups excluding tert-OH is 2. The second kappa shape index (κ2) is 26.9. The lowest BCUT2D eigenvalue weighted by Crippen LogP contribution is -2.70. The normalized spacial score (nSPS) is 21.5. The highest BCUT2D eigenvalue weighted by molar-refractivity contribution is 6.03. The molecule has 5 aromatic carbocycles. The van der Waals surface area contributed by atoms with Crippen molar-refractivity contribution in [1.29, 1.82) is 0 Å². The molecule has 5 aromatic rings. The first-order valence-corrected chi connectivity index (χ1v) is 27.3. The van der Waals surface area contributed by atoms with Gasteiger partial charge >= 0.3 is 0 Å². The molecule has 1 aliphatic heterocycles. The van der Waals surface area contributed by atoms with Gasteiger partial charge in [0.05, 0.1) is 18.2 Å². The van der Waals surface area contributed by atoms with E-state index in [1.807, 2.05) is 65.6 Å². The molecule has 8 rings (SSSR count). The van der Waals surface area contributed by atoms with Crippen LogP contribution in [0.3, 0.4) is 0 Å². The SMILES string of the molecule is C=CCOC12Oc3ccc(Oc4ccc5ccccc5c4)cc3C3C(CCCCO)C(CCCCO)C=C(C(=NOCc4ccccc4)CC1N(Cc1ccc(F)cc1)C(=O)CCCCCCCCCCC)C32. The summed E-state index contributed by atoms with van der Waals surface area (Å²) in [6.07, 6.45) is 19.4. The molecule has 2 N–H and O–H groups in total. The average molecular weight is 993 g/mol. The molecule has 10 heteroatoms. The Balaban J connectivity index is 1.26. The molecule has 2 aliphatic carbocycles. The molecule has 0 spiro atoms. The highest BCUT2D eigenvalue weighted by atomic mass is 19.1. The summed E-state index contributed by atoms with van der Waals surface area (Å²) in [5.74, 6) is -0.387. The Kier molecular flexibility index (Phi) is 19.7. The van der Waals surface area contributed by atoms with Crippen molar-refractivity contribution in [2.75, 3.05) is 19.8 Å². The number of carbonyl (C=O) groups is 1. The first-order valence-electron chi connectivity index (χ1n) is 27.3. The first-order chi connectivity index (χ1) is 35.8. The van der Waals surface area contributed by atoms with Crippen LogP contribution in [-0.2, 0) is 27.5 Å². The van der Waals surface area contributed by atoms with Crippen molar-refractivity contribution in [3.63, 3.8) is 0 Å². The van der Waals surface area contributed by atoms with Gasteiger partial charge < -0.3 is 34.2 Å². The summed E-state index contributed by atoms with van der Waals surface area (Å²) in [6, 6.07) is 36.1. The molecule has 388 valence electrons. The molecule has 0 bridgehead atoms. The smallest absolute Gasteiger partial charge is 0.239 e. The monoisotopic (exact) mass is 993 g/mol. The molecular weight excluding hydrogens is 916 g/mol. The summed E-state index contributed by atoms with van der Waals surface area (Å²) in [5, 5.41) is 27.5. The van der Waals surface area contributed by atoms with Crippen LogP contribution in [0.15, 0.2) is 145 Å². The van der Waals surface area contributed by atoms with Crippen LogP contribution >= 0.6 is 0 Å². The number of benzene rings is 5. The number of fused-ring (bicyclic) bond motifs is 3. The molecule has 3 aliphatic rings. The van der Waals surface area contributed by atoms with Crippen molar-refractivity contribution in [2.24, 2.45) is 22.9 Å². The minimum absolute atomic E-state index is 0.0295. The Morgan fingerprint density at radius 1 is 0.781 bits per heavy atom. The van der Waals surface area contributed by atoms with E-state index in [2.05, 4.69) is 49.9 Å². The minimum atomic E-state index is -1.43. The molecule has 0 aromatic heterocycles. The predicted molar refractivity (Wildman–Crippen MR) is 289 cm³/mol. The summed E-state index contributed by atoms with van der Waals surface area (Å²) in [7, 11) is 0. The van der Waals surface area contributed by atoms with Gasteiger partial charge in [-0.05, 0) is 114 Å². The van der Waals surface area contributed by atoms with Gasteiger partial charge in [0.15, 0.2) is 0 Å². The van der Waals surface area contributed by atoms with E-state index in [1.165, 1.54) is 44.2 Å². The van der Waals surface area contributed by atoms with Crippen LogP contribution in [0.4, 0.5) is 4.39 Å². The number of rotatable bonds is 29. The summed E-state index contributed by atoms with van der Waals surface area (Å²) in [4.78, 5) is 23.6. The highest BCUT2D eigenvalue weighted by Gasteiger charge is 2.65. The van der Waals surface area contributed by atoms with Crippen LogP contribution in [0.25, 0.3) is 10.8 Å². The van der Waals surface area contributed by atoms with Gasteiger partial charge in [0.25, 0.3) is 0 Å². The van der Waals surface area contributed by atoms with E-state index in [0.717, 1.165) is 90.1 Å². The van der Waals surface area contributed by atoms with E-state index in [4.69, 9.17) is 24.2 Å². The topological polar surface area (TPSA) is 110 Å². The van der Waals surface area contributed by atoms with Gasteiger partial charge in [-0.3, -0.25) is 4.79 Å². The van der Waals surface area contributed by atoms with E-state index in [1.54, 1.807) is 18.2 Å². The van der Waals surface area contributed by atoms with E-state index in [0.29, 0.717) is 36.5 Å². The Bertz CT molecular complexity index is 2600. The van der Waals surface area contributed by atoms with Gasteiger partial charge in [0.2, 0.25) is 11.7 Å². The predicted octanol–water partition coefficient (Wildman–Crippen LogP) is 14.6. The molecule has 6 atom stereocenters. The standard InChI is InChI=1S/C63H77FN2O7/c1-3-5-6-7-8-9-10-11-15-28-60(69)66(44-46-29-32-51(64)33-30-46)59-43-57(65-71-45-47-22-13-12-14-23-47)55-41-50(26-18-20-37-67)54(27-19-21-38-68)61-56-42-53(72-52-34-31-48-24-16-17-25-49(48)40-52)35-36-58(56)73-63(59,62(55)61)70-39-4-2/h4,12-14,16-17,22-25,29-36,40-42,50,54,59,61-62,67-68H,2-3,5-11,15,18-21,26-28,37-39,43-45H2,1H3. The second-order valence-corrected chi connectivity index (χ2v) is 20.4. The van der Waals surface area contributed by atoms with Crippen LogP contribution in [0.1, 0.15) is 139 Å². The molecule has 6 unspecified atom stereocenters. The summed E-state index contributed by atoms with van der Waals surface area (Å²) in [5.41, 5.74) is 4.44. The molecule has 73 heavy (non-hydrogen) atoms. The molecule has 0 saturated heterocycles. The van der Waals surface area contributed by atoms with Crippen molar-refractivity contribution >= 4 is 22.4 Å². The Morgan fingerprint density at radius 3 is 2.21 bits per heavy atom. The number of nitrogens with zero attached hydrogens (tertiary/aromatic N) is 2. The molecular formula is C63H77FN2O7. The molecule has 0 radical (unpaired) electrons. The third kappa shape index (κ3) is 13.5. The number of unbranched alkanes of at least 4 members (excludes halogenated alkanes) is 10. The lowest BCUT2D eigenvalue weighted by molar-refractivity contribution is -0.258. The van der Waals surface area contributed by atoms with Gasteiger partial charge in [-0.15, -0.1) is 6.58 Å². The lowest BCUT2D eigenvalue weighted by atomic mass is 9.55. The largest absolute Gasteiger partial charge is 0.459 e. The van der Waals surface area contributed by atoms with Gasteiger partial charge in [-0.1, -0.05) is 161 Å². The molecule has 1 saturated carbocycles. The van der Waals surface area contributed by atoms with Crippen molar-refractivity contribution in [3.05, 3.63) is 162 Å². The summed E-state index contributed by atoms with van der Waals surface area (Å²) in [6.45, 7) is 7.15. The first kappa shape index (κ1) is 53.5. The maximum Gasteiger partial charge on any atom is 0.239 e. The third-order valence-corrected chi connectivity index (χ3v) is 15.3. The number of hydrogen-bond donors (Lipinski definition) is 2. The number of oxime groups is 1. The van der Waals surface area contributed by atoms with Gasteiger partial charge in [0.1, 0.15) is 35.7 Å². The summed E-state index contributed by atoms with van der Waals surface area (Å²) < 4.78 is 36.1. The van der Waals surface area contributed by atoms with Crippen molar-refractivity contribution < 1.29 is 38.4 Å². The van der Waals surface area contributed by atoms with E-state index in [-0.39, 0.29) is 68.9 Å². The molecule has 9 nitrogen and oxygen atoms in total. The number of aliphatic hydroxyl groups is 2. The van der Waals surface area contributed by atoms with Crippen molar-refractivity contribution in [2.45, 2.75) is 147 Å². The number of allylic oxidation sites excluding steroid dienone is 1. The van der Waals surface area contributed by atoms with Crippen molar-refractivity contribution in [3.8, 4) is 17.2 Å². The number of halogens is 1. The number of amides is 1. The Hall–Kier alpha value is -5.81. The van der Waals surface area contributed by atoms with Crippen molar-refractivity contribution in [1.82, 2.24) is 4.90 Å². The fraction of sp³-hybridized carbons (Fsp3) is 0.460. The van der Waals surface area contributed by atoms with E-state index >= 15 is 4.79 Å². The van der Waals surface area contributed by atoms with Crippen LogP contribution in [0, 0.1) is 23.6 Å². The Labute approximate surface area is 433 Å². The van der Waals surface area contributed by atoms with E-state index < -0.39 is 17.7 Å². The number of carbonyl (C=O) groups excluding carboxylic acids is 1. The van der Waals surface area contributed by atoms with Crippen LogP contribution in [0.5, 0.6) is 17.2 Å². The lowest BCUT2D eigenvalue weighted by Gasteiger charge is -2.60. The van der Waals surface area contributed by atoms with E-state index in [9.17, 15) is 14.6 Å². The number of ether oxygens (including phenoxy) is 3. The van der Waals surface area contributed by atoms with Gasteiger partial charge in [-0.2, -0.15) is 0 Å². The zero-order chi connectivity index (χ0) is 50.8. The van der Waals surface area contributed by atoms with Gasteiger partial charge in [-0.25, -0.2) is 4.39 Å².